The van der Waals surface area contributed by atoms with E-state index in [1.807, 2.05) is 46.0 Å². The number of hydrogen-bond acceptors (Lipinski definition) is 4. The van der Waals surface area contributed by atoms with Gasteiger partial charge in [0.25, 0.3) is 0 Å². The Morgan fingerprint density at radius 3 is 2.44 bits per heavy atom. The molecule has 6 heteroatoms. The van der Waals surface area contributed by atoms with Crippen molar-refractivity contribution in [3.8, 4) is 0 Å². The average Bonchev–Trinajstić information content (AvgIpc) is 2.76. The first-order chi connectivity index (χ1) is 11.4. The third kappa shape index (κ3) is 2.40. The minimum absolute atomic E-state index is 0.223. The molecule has 2 heterocycles. The Morgan fingerprint density at radius 1 is 1.24 bits per heavy atom. The van der Waals surface area contributed by atoms with Crippen LogP contribution < -0.4 is 4.90 Å². The highest BCUT2D eigenvalue weighted by Crippen LogP contribution is 2.49. The number of hydrogen-bond donors (Lipinski definition) is 1. The third-order valence-electron chi connectivity index (χ3n) is 6.12. The first-order valence-corrected chi connectivity index (χ1v) is 8.93. The summed E-state index contributed by atoms with van der Waals surface area (Å²) in [6, 6.07) is 6.93. The lowest BCUT2D eigenvalue weighted by molar-refractivity contribution is -0.0299. The van der Waals surface area contributed by atoms with Gasteiger partial charge in [-0.15, -0.1) is 0 Å². The number of benzene rings is 1. The molecule has 1 spiro atoms. The van der Waals surface area contributed by atoms with Crippen molar-refractivity contribution in [3.05, 3.63) is 29.3 Å². The van der Waals surface area contributed by atoms with Crippen molar-refractivity contribution in [2.75, 3.05) is 11.9 Å². The molecule has 1 N–H and O–H groups in total. The maximum absolute atomic E-state index is 12.8. The Bertz CT molecular complexity index is 746. The molecular weight excluding hydrogens is 338 g/mol. The van der Waals surface area contributed by atoms with E-state index in [9.17, 15) is 4.79 Å². The van der Waals surface area contributed by atoms with Crippen LogP contribution in [0.2, 0.25) is 5.02 Å². The molecule has 136 valence electrons. The van der Waals surface area contributed by atoms with Gasteiger partial charge in [-0.1, -0.05) is 23.7 Å². The fourth-order valence-electron chi connectivity index (χ4n) is 4.35. The Kier molecular flexibility index (Phi) is 3.97. The molecule has 2 aliphatic heterocycles. The highest BCUT2D eigenvalue weighted by molar-refractivity contribution is 6.33. The molecule has 0 bridgehead atoms. The van der Waals surface area contributed by atoms with E-state index in [0.29, 0.717) is 22.8 Å². The van der Waals surface area contributed by atoms with Gasteiger partial charge in [0.2, 0.25) is 0 Å². The zero-order chi connectivity index (χ0) is 18.8. The van der Waals surface area contributed by atoms with Gasteiger partial charge in [0.15, 0.2) is 5.60 Å². The Morgan fingerprint density at radius 2 is 1.84 bits per heavy atom. The van der Waals surface area contributed by atoms with Crippen LogP contribution in [0.3, 0.4) is 0 Å². The number of para-hydroxylation sites is 1. The number of likely N-dealkylation sites (tertiary alicyclic amines) is 1. The van der Waals surface area contributed by atoms with Crippen LogP contribution in [0.25, 0.3) is 0 Å². The van der Waals surface area contributed by atoms with E-state index in [1.165, 1.54) is 0 Å². The smallest absolute Gasteiger partial charge is 0.415 e. The Labute approximate surface area is 154 Å². The molecule has 3 rings (SSSR count). The van der Waals surface area contributed by atoms with Crippen molar-refractivity contribution in [2.45, 2.75) is 63.8 Å². The van der Waals surface area contributed by atoms with E-state index < -0.39 is 17.2 Å². The normalized spacial score (nSPS) is 31.5. The van der Waals surface area contributed by atoms with Gasteiger partial charge in [-0.2, -0.15) is 0 Å². The summed E-state index contributed by atoms with van der Waals surface area (Å²) < 4.78 is 5.93. The molecule has 1 aromatic rings. The number of ether oxygens (including phenoxy) is 1. The van der Waals surface area contributed by atoms with E-state index in [2.05, 4.69) is 18.7 Å². The van der Waals surface area contributed by atoms with Crippen molar-refractivity contribution in [2.24, 2.45) is 0 Å². The number of carbonyl (C=O) groups is 1. The van der Waals surface area contributed by atoms with Gasteiger partial charge in [0, 0.05) is 12.0 Å². The first-order valence-electron chi connectivity index (χ1n) is 8.55. The molecule has 2 unspecified atom stereocenters. The zero-order valence-electron chi connectivity index (χ0n) is 15.7. The maximum atomic E-state index is 12.8. The monoisotopic (exact) mass is 363 g/mol. The van der Waals surface area contributed by atoms with Crippen molar-refractivity contribution in [1.82, 2.24) is 4.90 Å². The second-order valence-corrected chi connectivity index (χ2v) is 8.64. The van der Waals surface area contributed by atoms with Crippen LogP contribution in [0, 0.1) is 5.41 Å². The SMILES string of the molecule is CC1N(c2ccccc2Cl)C(=O)OC12CC(C)(C)N(C)C(C)(C)C2=N. The number of carbonyl (C=O) groups excluding carboxylic acids is 1. The fourth-order valence-corrected chi connectivity index (χ4v) is 4.57. The summed E-state index contributed by atoms with van der Waals surface area (Å²) in [5, 5.41) is 9.39. The first kappa shape index (κ1) is 18.2. The quantitative estimate of drug-likeness (QED) is 0.807. The molecule has 0 radical (unpaired) electrons. The topological polar surface area (TPSA) is 56.6 Å². The van der Waals surface area contributed by atoms with Gasteiger partial charge in [0.1, 0.15) is 0 Å². The van der Waals surface area contributed by atoms with Crippen LogP contribution in [0.4, 0.5) is 10.5 Å². The second-order valence-electron chi connectivity index (χ2n) is 8.24. The standard InChI is InChI=1S/C19H26ClN3O2/c1-12-19(11-17(2,3)22(6)18(4,5)15(19)21)25-16(24)23(12)14-10-8-7-9-13(14)20/h7-10,12,21H,11H2,1-6H3. The average molecular weight is 364 g/mol. The predicted molar refractivity (Wildman–Crippen MR) is 101 cm³/mol. The molecular formula is C19H26ClN3O2. The van der Waals surface area contributed by atoms with Crippen molar-refractivity contribution >= 4 is 29.1 Å². The largest absolute Gasteiger partial charge is 0.434 e. The number of nitrogens with zero attached hydrogens (tertiary/aromatic N) is 2. The highest BCUT2D eigenvalue weighted by Gasteiger charge is 2.64. The molecule has 25 heavy (non-hydrogen) atoms. The molecule has 1 amide bonds. The maximum Gasteiger partial charge on any atom is 0.415 e. The molecule has 2 saturated heterocycles. The van der Waals surface area contributed by atoms with Gasteiger partial charge < -0.3 is 10.1 Å². The molecule has 0 aromatic heterocycles. The molecule has 2 atom stereocenters. The van der Waals surface area contributed by atoms with E-state index in [-0.39, 0.29) is 11.6 Å². The lowest BCUT2D eigenvalue weighted by atomic mass is 9.67. The molecule has 2 fully saturated rings. The van der Waals surface area contributed by atoms with Crippen LogP contribution in [0.15, 0.2) is 24.3 Å². The van der Waals surface area contributed by atoms with E-state index in [0.717, 1.165) is 0 Å². The Hall–Kier alpha value is -1.59. The van der Waals surface area contributed by atoms with Crippen molar-refractivity contribution < 1.29 is 9.53 Å². The number of piperidine rings is 1. The van der Waals surface area contributed by atoms with Gasteiger partial charge >= 0.3 is 6.09 Å². The van der Waals surface area contributed by atoms with Gasteiger partial charge in [-0.3, -0.25) is 9.80 Å². The van der Waals surface area contributed by atoms with Crippen LogP contribution >= 0.6 is 11.6 Å². The zero-order valence-corrected chi connectivity index (χ0v) is 16.4. The van der Waals surface area contributed by atoms with E-state index in [4.69, 9.17) is 21.7 Å². The summed E-state index contributed by atoms with van der Waals surface area (Å²) in [5.41, 5.74) is -0.653. The summed E-state index contributed by atoms with van der Waals surface area (Å²) in [4.78, 5) is 16.6. The lowest BCUT2D eigenvalue weighted by Gasteiger charge is -2.57. The number of halogens is 1. The number of nitrogens with one attached hydrogen (secondary N) is 1. The van der Waals surface area contributed by atoms with Crippen molar-refractivity contribution in [3.63, 3.8) is 0 Å². The van der Waals surface area contributed by atoms with E-state index >= 15 is 0 Å². The lowest BCUT2D eigenvalue weighted by Crippen LogP contribution is -2.72. The second kappa shape index (κ2) is 5.45. The van der Waals surface area contributed by atoms with Crippen molar-refractivity contribution in [1.29, 1.82) is 5.41 Å². The number of anilines is 1. The van der Waals surface area contributed by atoms with Gasteiger partial charge in [0.05, 0.1) is 28.0 Å². The fraction of sp³-hybridized carbons (Fsp3) is 0.579. The minimum atomic E-state index is -0.963. The number of rotatable bonds is 1. The van der Waals surface area contributed by atoms with Crippen LogP contribution in [0.1, 0.15) is 41.0 Å². The summed E-state index contributed by atoms with van der Waals surface area (Å²) >= 11 is 6.32. The Balaban J connectivity index is 2.10. The van der Waals surface area contributed by atoms with Gasteiger partial charge in [-0.05, 0) is 53.8 Å². The van der Waals surface area contributed by atoms with E-state index in [1.54, 1.807) is 11.0 Å². The predicted octanol–water partition coefficient (Wildman–Crippen LogP) is 4.34. The highest BCUT2D eigenvalue weighted by atomic mass is 35.5. The minimum Gasteiger partial charge on any atom is -0.434 e. The third-order valence-corrected chi connectivity index (χ3v) is 6.44. The van der Waals surface area contributed by atoms with Gasteiger partial charge in [-0.25, -0.2) is 4.79 Å². The summed E-state index contributed by atoms with van der Waals surface area (Å²) in [6.07, 6.45) is 0.119. The molecule has 0 saturated carbocycles. The number of amides is 1. The summed E-state index contributed by atoms with van der Waals surface area (Å²) in [5.74, 6) is 0. The molecule has 2 aliphatic rings. The molecule has 5 nitrogen and oxygen atoms in total. The summed E-state index contributed by atoms with van der Waals surface area (Å²) in [6.45, 7) is 10.2. The van der Waals surface area contributed by atoms with Crippen LogP contribution in [0.5, 0.6) is 0 Å². The molecule has 0 aliphatic carbocycles. The molecule has 1 aromatic carbocycles. The summed E-state index contributed by atoms with van der Waals surface area (Å²) in [7, 11) is 2.02. The van der Waals surface area contributed by atoms with Crippen LogP contribution in [-0.4, -0.2) is 46.5 Å². The van der Waals surface area contributed by atoms with Crippen LogP contribution in [-0.2, 0) is 4.74 Å².